The molecule has 1 aromatic rings. The van der Waals surface area contributed by atoms with Gasteiger partial charge >= 0.3 is 6.03 Å². The fourth-order valence-corrected chi connectivity index (χ4v) is 3.84. The topological polar surface area (TPSA) is 55.9 Å². The number of hydrogen-bond acceptors (Lipinski definition) is 3. The van der Waals surface area contributed by atoms with Gasteiger partial charge in [-0.2, -0.15) is 0 Å². The summed E-state index contributed by atoms with van der Waals surface area (Å²) >= 11 is 0. The molecule has 6 heteroatoms. The molecule has 2 aliphatic rings. The average molecular weight is 358 g/mol. The Balaban J connectivity index is 1.43. The zero-order valence-electron chi connectivity index (χ0n) is 15.9. The fraction of sp³-hybridized carbons (Fsp3) is 0.600. The van der Waals surface area contributed by atoms with Crippen molar-refractivity contribution in [3.05, 3.63) is 35.9 Å². The molecule has 2 aliphatic heterocycles. The fourth-order valence-electron chi connectivity index (χ4n) is 3.84. The van der Waals surface area contributed by atoms with Crippen LogP contribution in [0.5, 0.6) is 0 Å². The number of urea groups is 1. The third kappa shape index (κ3) is 4.75. The van der Waals surface area contributed by atoms with Crippen molar-refractivity contribution in [2.24, 2.45) is 5.41 Å². The first-order chi connectivity index (χ1) is 12.5. The van der Waals surface area contributed by atoms with Crippen molar-refractivity contribution in [3.63, 3.8) is 0 Å². The number of carbonyl (C=O) groups is 2. The molecule has 1 aromatic carbocycles. The van der Waals surface area contributed by atoms with Crippen molar-refractivity contribution >= 4 is 11.9 Å². The first kappa shape index (κ1) is 18.7. The molecule has 142 valence electrons. The minimum atomic E-state index is -0.114. The van der Waals surface area contributed by atoms with Crippen LogP contribution in [0.2, 0.25) is 0 Å². The van der Waals surface area contributed by atoms with E-state index in [0.29, 0.717) is 26.2 Å². The Hall–Kier alpha value is -2.08. The lowest BCUT2D eigenvalue weighted by Gasteiger charge is -2.35. The van der Waals surface area contributed by atoms with E-state index in [-0.39, 0.29) is 23.9 Å². The largest absolute Gasteiger partial charge is 0.339 e. The number of amides is 3. The highest BCUT2D eigenvalue weighted by molar-refractivity contribution is 5.85. The third-order valence-corrected chi connectivity index (χ3v) is 5.53. The number of likely N-dealkylation sites (tertiary alicyclic amines) is 1. The van der Waals surface area contributed by atoms with E-state index in [1.54, 1.807) is 4.90 Å². The molecule has 2 heterocycles. The maximum atomic E-state index is 12.4. The first-order valence-corrected chi connectivity index (χ1v) is 9.48. The second kappa shape index (κ2) is 8.08. The number of nitrogens with zero attached hydrogens (tertiary/aromatic N) is 3. The van der Waals surface area contributed by atoms with Gasteiger partial charge in [-0.15, -0.1) is 0 Å². The van der Waals surface area contributed by atoms with Gasteiger partial charge in [0.15, 0.2) is 0 Å². The molecule has 26 heavy (non-hydrogen) atoms. The van der Waals surface area contributed by atoms with Crippen molar-refractivity contribution in [3.8, 4) is 0 Å². The molecule has 0 spiro atoms. The minimum absolute atomic E-state index is 0.0362. The Bertz CT molecular complexity index is 636. The van der Waals surface area contributed by atoms with E-state index in [2.05, 4.69) is 36.3 Å². The molecular formula is C20H30N4O2. The van der Waals surface area contributed by atoms with E-state index in [0.717, 1.165) is 25.9 Å². The van der Waals surface area contributed by atoms with E-state index in [9.17, 15) is 9.59 Å². The Labute approximate surface area is 156 Å². The van der Waals surface area contributed by atoms with Crippen LogP contribution in [-0.2, 0) is 11.2 Å². The van der Waals surface area contributed by atoms with E-state index >= 15 is 0 Å². The van der Waals surface area contributed by atoms with E-state index < -0.39 is 0 Å². The number of carbonyl (C=O) groups excluding carboxylic acids is 2. The van der Waals surface area contributed by atoms with Crippen LogP contribution in [0.4, 0.5) is 4.79 Å². The predicted octanol–water partition coefficient (Wildman–Crippen LogP) is 1.42. The van der Waals surface area contributed by atoms with Gasteiger partial charge in [-0.25, -0.2) is 4.79 Å². The molecule has 2 saturated heterocycles. The molecule has 6 nitrogen and oxygen atoms in total. The second-order valence-electron chi connectivity index (χ2n) is 8.00. The molecule has 0 bridgehead atoms. The van der Waals surface area contributed by atoms with E-state index in [1.807, 2.05) is 23.1 Å². The van der Waals surface area contributed by atoms with Crippen LogP contribution < -0.4 is 5.32 Å². The summed E-state index contributed by atoms with van der Waals surface area (Å²) in [5.74, 6) is 0.0362. The summed E-state index contributed by atoms with van der Waals surface area (Å²) in [5.41, 5.74) is 1.36. The van der Waals surface area contributed by atoms with Gasteiger partial charge in [-0.1, -0.05) is 37.3 Å². The highest BCUT2D eigenvalue weighted by Gasteiger charge is 2.33. The van der Waals surface area contributed by atoms with Crippen LogP contribution in [0.3, 0.4) is 0 Å². The second-order valence-corrected chi connectivity index (χ2v) is 8.00. The number of piperazine rings is 1. The lowest BCUT2D eigenvalue weighted by Crippen LogP contribution is -2.55. The third-order valence-electron chi connectivity index (χ3n) is 5.53. The Morgan fingerprint density at radius 1 is 1.19 bits per heavy atom. The van der Waals surface area contributed by atoms with Crippen LogP contribution in [0.1, 0.15) is 18.9 Å². The molecule has 3 rings (SSSR count). The van der Waals surface area contributed by atoms with E-state index in [4.69, 9.17) is 0 Å². The average Bonchev–Trinajstić information content (AvgIpc) is 2.99. The van der Waals surface area contributed by atoms with Gasteiger partial charge in [0, 0.05) is 32.7 Å². The van der Waals surface area contributed by atoms with Crippen LogP contribution >= 0.6 is 0 Å². The standard InChI is InChI=1S/C20H30N4O2/c1-20(9-11-22(2)16-20)15-21-19(26)24-13-12-23(18(25)14-24)10-8-17-6-4-3-5-7-17/h3-7H,8-16H2,1-2H3,(H,21,26). The molecule has 1 N–H and O–H groups in total. The summed E-state index contributed by atoms with van der Waals surface area (Å²) in [6, 6.07) is 10.1. The number of rotatable bonds is 5. The quantitative estimate of drug-likeness (QED) is 0.866. The highest BCUT2D eigenvalue weighted by Crippen LogP contribution is 2.27. The zero-order chi connectivity index (χ0) is 18.6. The molecule has 2 fully saturated rings. The summed E-state index contributed by atoms with van der Waals surface area (Å²) in [6.45, 7) is 7.05. The van der Waals surface area contributed by atoms with Gasteiger partial charge in [0.1, 0.15) is 6.54 Å². The number of benzene rings is 1. The van der Waals surface area contributed by atoms with Gasteiger partial charge in [0.2, 0.25) is 5.91 Å². The molecule has 1 unspecified atom stereocenters. The van der Waals surface area contributed by atoms with Crippen LogP contribution in [0.25, 0.3) is 0 Å². The summed E-state index contributed by atoms with van der Waals surface area (Å²) in [6.07, 6.45) is 1.95. The number of hydrogen-bond donors (Lipinski definition) is 1. The van der Waals surface area contributed by atoms with Gasteiger partial charge in [-0.3, -0.25) is 4.79 Å². The van der Waals surface area contributed by atoms with Crippen LogP contribution in [0.15, 0.2) is 30.3 Å². The van der Waals surface area contributed by atoms with Crippen molar-refractivity contribution < 1.29 is 9.59 Å². The Morgan fingerprint density at radius 3 is 2.62 bits per heavy atom. The zero-order valence-corrected chi connectivity index (χ0v) is 15.9. The summed E-state index contributed by atoms with van der Waals surface area (Å²) in [7, 11) is 2.11. The lowest BCUT2D eigenvalue weighted by atomic mass is 9.90. The van der Waals surface area contributed by atoms with Gasteiger partial charge in [-0.05, 0) is 37.4 Å². The minimum Gasteiger partial charge on any atom is -0.339 e. The summed E-state index contributed by atoms with van der Waals surface area (Å²) in [4.78, 5) is 30.6. The SMILES string of the molecule is CN1CCC(C)(CNC(=O)N2CCN(CCc3ccccc3)C(=O)C2)C1. The summed E-state index contributed by atoms with van der Waals surface area (Å²) < 4.78 is 0. The monoisotopic (exact) mass is 358 g/mol. The smallest absolute Gasteiger partial charge is 0.317 e. The van der Waals surface area contributed by atoms with Crippen LogP contribution in [0, 0.1) is 5.41 Å². The molecule has 0 aliphatic carbocycles. The van der Waals surface area contributed by atoms with Crippen molar-refractivity contribution in [2.45, 2.75) is 19.8 Å². The van der Waals surface area contributed by atoms with Crippen molar-refractivity contribution in [2.75, 3.05) is 52.9 Å². The summed E-state index contributed by atoms with van der Waals surface area (Å²) in [5, 5.41) is 3.04. The molecule has 0 radical (unpaired) electrons. The first-order valence-electron chi connectivity index (χ1n) is 9.48. The highest BCUT2D eigenvalue weighted by atomic mass is 16.2. The molecular weight excluding hydrogens is 328 g/mol. The Morgan fingerprint density at radius 2 is 1.96 bits per heavy atom. The molecule has 1 atom stereocenters. The van der Waals surface area contributed by atoms with Crippen molar-refractivity contribution in [1.29, 1.82) is 0 Å². The number of nitrogens with one attached hydrogen (secondary N) is 1. The maximum absolute atomic E-state index is 12.4. The van der Waals surface area contributed by atoms with E-state index in [1.165, 1.54) is 5.56 Å². The van der Waals surface area contributed by atoms with Gasteiger partial charge < -0.3 is 20.0 Å². The molecule has 0 aromatic heterocycles. The normalized spacial score (nSPS) is 24.2. The van der Waals surface area contributed by atoms with Gasteiger partial charge in [0.05, 0.1) is 0 Å². The lowest BCUT2D eigenvalue weighted by molar-refractivity contribution is -0.134. The molecule has 3 amide bonds. The predicted molar refractivity (Wildman–Crippen MR) is 102 cm³/mol. The van der Waals surface area contributed by atoms with Crippen LogP contribution in [-0.4, -0.2) is 79.5 Å². The Kier molecular flexibility index (Phi) is 5.81. The van der Waals surface area contributed by atoms with Crippen molar-refractivity contribution in [1.82, 2.24) is 20.0 Å². The maximum Gasteiger partial charge on any atom is 0.317 e. The molecule has 0 saturated carbocycles. The van der Waals surface area contributed by atoms with Gasteiger partial charge in [0.25, 0.3) is 0 Å².